The van der Waals surface area contributed by atoms with E-state index in [1.54, 1.807) is 5.38 Å². The molecule has 2 amide bonds. The van der Waals surface area contributed by atoms with E-state index in [-0.39, 0.29) is 22.9 Å². The van der Waals surface area contributed by atoms with Crippen LogP contribution in [-0.4, -0.2) is 50.8 Å². The van der Waals surface area contributed by atoms with E-state index >= 15 is 0 Å². The minimum atomic E-state index is -3.79. The fraction of sp³-hybridized carbons (Fsp3) is 0.444. The van der Waals surface area contributed by atoms with Crippen molar-refractivity contribution in [1.82, 2.24) is 15.2 Å². The highest BCUT2D eigenvalue weighted by Crippen LogP contribution is 2.29. The van der Waals surface area contributed by atoms with Crippen molar-refractivity contribution in [3.05, 3.63) is 37.7 Å². The van der Waals surface area contributed by atoms with Crippen molar-refractivity contribution in [1.29, 1.82) is 0 Å². The second-order valence-corrected chi connectivity index (χ2v) is 10.8. The molecule has 0 unspecified atom stereocenters. The molecule has 0 saturated carbocycles. The van der Waals surface area contributed by atoms with Crippen LogP contribution in [0, 0.1) is 0 Å². The highest BCUT2D eigenvalue weighted by Gasteiger charge is 2.31. The van der Waals surface area contributed by atoms with Crippen LogP contribution in [-0.2, 0) is 27.6 Å². The van der Waals surface area contributed by atoms with Crippen molar-refractivity contribution >= 4 is 44.5 Å². The number of thiophene rings is 2. The summed E-state index contributed by atoms with van der Waals surface area (Å²) in [6, 6.07) is 3.29. The van der Waals surface area contributed by atoms with Crippen LogP contribution in [0.4, 0.5) is 0 Å². The van der Waals surface area contributed by atoms with Gasteiger partial charge in [-0.05, 0) is 48.8 Å². The molecule has 29 heavy (non-hydrogen) atoms. The Balaban J connectivity index is 1.44. The Morgan fingerprint density at radius 3 is 2.55 bits per heavy atom. The van der Waals surface area contributed by atoms with Crippen LogP contribution in [0.5, 0.6) is 0 Å². The predicted octanol–water partition coefficient (Wildman–Crippen LogP) is 1.78. The zero-order valence-corrected chi connectivity index (χ0v) is 18.1. The van der Waals surface area contributed by atoms with Gasteiger partial charge in [-0.3, -0.25) is 20.4 Å². The van der Waals surface area contributed by atoms with Gasteiger partial charge in [-0.1, -0.05) is 0 Å². The lowest BCUT2D eigenvalue weighted by Gasteiger charge is -2.26. The summed E-state index contributed by atoms with van der Waals surface area (Å²) in [6.45, 7) is 1.15. The fourth-order valence-corrected chi connectivity index (χ4v) is 7.28. The number of hydrogen-bond donors (Lipinski definition) is 2. The van der Waals surface area contributed by atoms with Crippen LogP contribution in [0.1, 0.15) is 42.6 Å². The van der Waals surface area contributed by atoms with Crippen LogP contribution >= 0.6 is 22.7 Å². The molecule has 2 aliphatic rings. The molecule has 2 N–H and O–H groups in total. The van der Waals surface area contributed by atoms with E-state index in [2.05, 4.69) is 10.9 Å². The summed E-state index contributed by atoms with van der Waals surface area (Å²) in [7, 11) is -3.79. The number of hydrogen-bond acceptors (Lipinski definition) is 7. The third kappa shape index (κ3) is 4.24. The van der Waals surface area contributed by atoms with Crippen molar-refractivity contribution < 1.29 is 22.7 Å². The van der Waals surface area contributed by atoms with Crippen molar-refractivity contribution in [2.75, 3.05) is 26.3 Å². The van der Waals surface area contributed by atoms with E-state index in [0.717, 1.165) is 37.0 Å². The Hall–Kier alpha value is -1.79. The molecular formula is C18H21N3O5S3. The molecule has 0 bridgehead atoms. The molecule has 0 aromatic carbocycles. The largest absolute Gasteiger partial charge is 0.379 e. The van der Waals surface area contributed by atoms with E-state index in [1.807, 2.05) is 6.07 Å². The molecule has 2 aromatic rings. The zero-order chi connectivity index (χ0) is 20.4. The van der Waals surface area contributed by atoms with E-state index in [9.17, 15) is 18.0 Å². The maximum Gasteiger partial charge on any atom is 0.281 e. The normalized spacial score (nSPS) is 17.5. The number of carbonyl (C=O) groups excluding carboxylic acids is 2. The van der Waals surface area contributed by atoms with Gasteiger partial charge in [0, 0.05) is 18.0 Å². The number of rotatable bonds is 4. The molecule has 2 aromatic heterocycles. The summed E-state index contributed by atoms with van der Waals surface area (Å²) in [6.07, 6.45) is 4.21. The maximum atomic E-state index is 12.9. The molecule has 11 heteroatoms. The summed E-state index contributed by atoms with van der Waals surface area (Å²) in [5.41, 5.74) is 5.96. The maximum absolute atomic E-state index is 12.9. The first-order valence-corrected chi connectivity index (χ1v) is 12.5. The minimum Gasteiger partial charge on any atom is -0.379 e. The quantitative estimate of drug-likeness (QED) is 0.684. The Morgan fingerprint density at radius 1 is 1.07 bits per heavy atom. The molecule has 3 heterocycles. The van der Waals surface area contributed by atoms with Gasteiger partial charge in [-0.2, -0.15) is 4.31 Å². The lowest BCUT2D eigenvalue weighted by atomic mass is 9.99. The number of nitrogens with zero attached hydrogens (tertiary/aromatic N) is 1. The minimum absolute atomic E-state index is 0.0438. The number of ether oxygens (including phenoxy) is 1. The van der Waals surface area contributed by atoms with Gasteiger partial charge < -0.3 is 4.74 Å². The molecule has 156 valence electrons. The van der Waals surface area contributed by atoms with Gasteiger partial charge >= 0.3 is 0 Å². The van der Waals surface area contributed by atoms with E-state index in [0.29, 0.717) is 18.1 Å². The van der Waals surface area contributed by atoms with E-state index < -0.39 is 21.8 Å². The number of sulfonamides is 1. The second-order valence-electron chi connectivity index (χ2n) is 6.80. The Labute approximate surface area is 176 Å². The van der Waals surface area contributed by atoms with Gasteiger partial charge in [-0.15, -0.1) is 22.7 Å². The average molecular weight is 456 g/mol. The predicted molar refractivity (Wildman–Crippen MR) is 110 cm³/mol. The Bertz CT molecular complexity index is 998. The summed E-state index contributed by atoms with van der Waals surface area (Å²) in [5.74, 6) is -1.05. The van der Waals surface area contributed by atoms with Gasteiger partial charge in [0.15, 0.2) is 0 Å². The number of hydrazine groups is 1. The van der Waals surface area contributed by atoms with Crippen LogP contribution < -0.4 is 10.9 Å². The van der Waals surface area contributed by atoms with Crippen molar-refractivity contribution in [3.63, 3.8) is 0 Å². The monoisotopic (exact) mass is 455 g/mol. The summed E-state index contributed by atoms with van der Waals surface area (Å²) in [5, 5.41) is 1.55. The summed E-state index contributed by atoms with van der Waals surface area (Å²) >= 11 is 2.46. The van der Waals surface area contributed by atoms with Crippen LogP contribution in [0.3, 0.4) is 0 Å². The number of amides is 2. The summed E-state index contributed by atoms with van der Waals surface area (Å²) in [4.78, 5) is 26.7. The fourth-order valence-electron chi connectivity index (χ4n) is 3.43. The van der Waals surface area contributed by atoms with E-state index in [1.165, 1.54) is 32.1 Å². The van der Waals surface area contributed by atoms with Crippen molar-refractivity contribution in [2.24, 2.45) is 0 Å². The first-order valence-electron chi connectivity index (χ1n) is 9.34. The lowest BCUT2D eigenvalue weighted by molar-refractivity contribution is 0.0729. The standard InChI is InChI=1S/C18H21N3O5S3/c22-17(14-11-12-3-1-2-4-13(12)28-14)19-20-18(23)16-15(5-10-27-16)29(24,25)21-6-8-26-9-7-21/h5,10-11H,1-4,6-9H2,(H,19,22)(H,20,23). The molecule has 1 aliphatic heterocycles. The van der Waals surface area contributed by atoms with Crippen molar-refractivity contribution in [3.8, 4) is 0 Å². The van der Waals surface area contributed by atoms with Gasteiger partial charge in [0.05, 0.1) is 18.1 Å². The molecule has 4 rings (SSSR count). The van der Waals surface area contributed by atoms with E-state index in [4.69, 9.17) is 4.74 Å². The number of carbonyl (C=O) groups is 2. The molecule has 8 nitrogen and oxygen atoms in total. The third-order valence-corrected chi connectivity index (χ3v) is 9.15. The van der Waals surface area contributed by atoms with Crippen LogP contribution in [0.15, 0.2) is 22.4 Å². The Morgan fingerprint density at radius 2 is 1.79 bits per heavy atom. The SMILES string of the molecule is O=C(NNC(=O)c1sccc1S(=O)(=O)N1CCOCC1)c1cc2c(s1)CCCC2. The van der Waals surface area contributed by atoms with Gasteiger partial charge in [-0.25, -0.2) is 8.42 Å². The van der Waals surface area contributed by atoms with Gasteiger partial charge in [0.2, 0.25) is 10.0 Å². The molecule has 0 spiro atoms. The van der Waals surface area contributed by atoms with Gasteiger partial charge in [0.25, 0.3) is 11.8 Å². The molecule has 0 atom stereocenters. The topological polar surface area (TPSA) is 105 Å². The Kier molecular flexibility index (Phi) is 6.02. The van der Waals surface area contributed by atoms with Crippen LogP contribution in [0.2, 0.25) is 0 Å². The third-order valence-electron chi connectivity index (χ3n) is 4.93. The highest BCUT2D eigenvalue weighted by atomic mass is 32.2. The number of fused-ring (bicyclic) bond motifs is 1. The molecule has 1 aliphatic carbocycles. The smallest absolute Gasteiger partial charge is 0.281 e. The number of nitrogens with one attached hydrogen (secondary N) is 2. The van der Waals surface area contributed by atoms with Crippen LogP contribution in [0.25, 0.3) is 0 Å². The lowest BCUT2D eigenvalue weighted by Crippen LogP contribution is -2.43. The van der Waals surface area contributed by atoms with Gasteiger partial charge in [0.1, 0.15) is 9.77 Å². The zero-order valence-electron chi connectivity index (χ0n) is 15.6. The number of morpholine rings is 1. The molecular weight excluding hydrogens is 434 g/mol. The second kappa shape index (κ2) is 8.52. The number of aryl methyl sites for hydroxylation is 2. The van der Waals surface area contributed by atoms with Crippen molar-refractivity contribution in [2.45, 2.75) is 30.6 Å². The average Bonchev–Trinajstić information content (AvgIpc) is 3.40. The molecule has 0 radical (unpaired) electrons. The summed E-state index contributed by atoms with van der Waals surface area (Å²) < 4.78 is 32.2. The highest BCUT2D eigenvalue weighted by molar-refractivity contribution is 7.89. The first kappa shape index (κ1) is 20.5. The molecule has 1 fully saturated rings. The molecule has 1 saturated heterocycles. The first-order chi connectivity index (χ1) is 14.0.